The van der Waals surface area contributed by atoms with Crippen LogP contribution >= 0.6 is 0 Å². The van der Waals surface area contributed by atoms with Crippen LogP contribution in [0.2, 0.25) is 0 Å². The molecule has 0 N–H and O–H groups in total. The molecule has 0 saturated heterocycles. The third-order valence-electron chi connectivity index (χ3n) is 2.69. The van der Waals surface area contributed by atoms with Gasteiger partial charge >= 0.3 is 0 Å². The van der Waals surface area contributed by atoms with Gasteiger partial charge in [-0.3, -0.25) is 4.40 Å². The third-order valence-corrected chi connectivity index (χ3v) is 2.69. The lowest BCUT2D eigenvalue weighted by Crippen LogP contribution is -1.89. The molecule has 0 bridgehead atoms. The molecule has 90 valence electrons. The fourth-order valence-electron chi connectivity index (χ4n) is 1.76. The number of nitriles is 1. The Kier molecular flexibility index (Phi) is 2.75. The summed E-state index contributed by atoms with van der Waals surface area (Å²) in [4.78, 5) is 12.3. The first-order valence-corrected chi connectivity index (χ1v) is 5.68. The summed E-state index contributed by atoms with van der Waals surface area (Å²) in [5.74, 6) is 0. The summed E-state index contributed by atoms with van der Waals surface area (Å²) in [5, 5.41) is 8.91. The van der Waals surface area contributed by atoms with Gasteiger partial charge in [-0.1, -0.05) is 0 Å². The minimum absolute atomic E-state index is 0.599. The van der Waals surface area contributed by atoms with Crippen LogP contribution in [-0.4, -0.2) is 19.4 Å². The highest BCUT2D eigenvalue weighted by atomic mass is 15.0. The predicted octanol–water partition coefficient (Wildman–Crippen LogP) is 2.17. The van der Waals surface area contributed by atoms with Gasteiger partial charge in [-0.2, -0.15) is 5.26 Å². The summed E-state index contributed by atoms with van der Waals surface area (Å²) in [5.41, 5.74) is 3.12. The van der Waals surface area contributed by atoms with Crippen molar-refractivity contribution in [3.05, 3.63) is 60.1 Å². The Morgan fingerprint density at radius 3 is 2.89 bits per heavy atom. The van der Waals surface area contributed by atoms with Crippen LogP contribution < -0.4 is 0 Å². The van der Waals surface area contributed by atoms with E-state index >= 15 is 0 Å². The van der Waals surface area contributed by atoms with E-state index in [2.05, 4.69) is 21.0 Å². The molecule has 0 spiro atoms. The molecular formula is C14H9N5. The van der Waals surface area contributed by atoms with Gasteiger partial charge in [-0.05, 0) is 30.4 Å². The highest BCUT2D eigenvalue weighted by molar-refractivity contribution is 5.67. The van der Waals surface area contributed by atoms with Crippen molar-refractivity contribution in [2.45, 2.75) is 0 Å². The first-order valence-electron chi connectivity index (χ1n) is 5.68. The zero-order valence-electron chi connectivity index (χ0n) is 9.93. The van der Waals surface area contributed by atoms with Gasteiger partial charge < -0.3 is 0 Å². The molecule has 0 aliphatic carbocycles. The van der Waals surface area contributed by atoms with Gasteiger partial charge in [0.25, 0.3) is 0 Å². The molecule has 0 aliphatic heterocycles. The molecule has 0 fully saturated rings. The van der Waals surface area contributed by atoms with Crippen molar-refractivity contribution in [1.29, 1.82) is 5.26 Å². The van der Waals surface area contributed by atoms with Crippen molar-refractivity contribution < 1.29 is 0 Å². The molecule has 0 unspecified atom stereocenters. The molecule has 5 heteroatoms. The van der Waals surface area contributed by atoms with E-state index in [1.165, 1.54) is 6.33 Å². The fourth-order valence-corrected chi connectivity index (χ4v) is 1.76. The van der Waals surface area contributed by atoms with Crippen molar-refractivity contribution in [1.82, 2.24) is 19.4 Å². The van der Waals surface area contributed by atoms with Crippen molar-refractivity contribution in [2.75, 3.05) is 0 Å². The third kappa shape index (κ3) is 2.19. The van der Waals surface area contributed by atoms with Crippen LogP contribution in [0, 0.1) is 11.3 Å². The number of fused-ring (bicyclic) bond motifs is 1. The molecule has 0 saturated carbocycles. The molecule has 0 aromatic carbocycles. The average Bonchev–Trinajstić information content (AvgIpc) is 2.88. The van der Waals surface area contributed by atoms with E-state index in [1.54, 1.807) is 24.7 Å². The number of hydrogen-bond acceptors (Lipinski definition) is 4. The quantitative estimate of drug-likeness (QED) is 0.696. The lowest BCUT2D eigenvalue weighted by molar-refractivity contribution is 1.15. The molecule has 5 nitrogen and oxygen atoms in total. The highest BCUT2D eigenvalue weighted by Gasteiger charge is 2.01. The van der Waals surface area contributed by atoms with Crippen LogP contribution in [0.1, 0.15) is 17.0 Å². The molecule has 0 atom stereocenters. The second-order valence-corrected chi connectivity index (χ2v) is 3.91. The standard InChI is InChI=1S/C14H9N5/c15-7-11-1-4-14-17-8-13(19(14)9-11)3-2-12-5-6-16-10-18-12/h1-6,8-10H. The SMILES string of the molecule is N#Cc1ccc2ncc(C=Cc3ccncn3)n2c1. The van der Waals surface area contributed by atoms with Crippen LogP contribution in [0.4, 0.5) is 0 Å². The van der Waals surface area contributed by atoms with Crippen LogP contribution in [0.3, 0.4) is 0 Å². The summed E-state index contributed by atoms with van der Waals surface area (Å²) < 4.78 is 1.87. The maximum absolute atomic E-state index is 8.91. The van der Waals surface area contributed by atoms with Gasteiger partial charge in [0.1, 0.15) is 18.0 Å². The first kappa shape index (κ1) is 11.1. The Morgan fingerprint density at radius 1 is 1.16 bits per heavy atom. The van der Waals surface area contributed by atoms with E-state index in [1.807, 2.05) is 28.7 Å². The molecule has 3 aromatic heterocycles. The number of hydrogen-bond donors (Lipinski definition) is 0. The largest absolute Gasteiger partial charge is 0.299 e. The molecule has 0 aliphatic rings. The van der Waals surface area contributed by atoms with E-state index in [4.69, 9.17) is 5.26 Å². The second-order valence-electron chi connectivity index (χ2n) is 3.91. The van der Waals surface area contributed by atoms with Crippen LogP contribution in [0.25, 0.3) is 17.8 Å². The van der Waals surface area contributed by atoms with Crippen molar-refractivity contribution in [3.8, 4) is 6.07 Å². The Morgan fingerprint density at radius 2 is 2.11 bits per heavy atom. The normalized spacial score (nSPS) is 10.9. The fraction of sp³-hybridized carbons (Fsp3) is 0. The molecule has 3 heterocycles. The molecule has 3 rings (SSSR count). The van der Waals surface area contributed by atoms with Gasteiger partial charge in [0.05, 0.1) is 23.1 Å². The number of nitrogens with zero attached hydrogens (tertiary/aromatic N) is 5. The number of aromatic nitrogens is 4. The molecule has 19 heavy (non-hydrogen) atoms. The Bertz CT molecular complexity index is 780. The van der Waals surface area contributed by atoms with E-state index in [0.29, 0.717) is 5.56 Å². The molecule has 0 radical (unpaired) electrons. The Balaban J connectivity index is 2.02. The van der Waals surface area contributed by atoms with Gasteiger partial charge in [0.15, 0.2) is 0 Å². The number of pyridine rings is 1. The van der Waals surface area contributed by atoms with Crippen molar-refractivity contribution >= 4 is 17.8 Å². The van der Waals surface area contributed by atoms with Gasteiger partial charge in [0.2, 0.25) is 0 Å². The maximum Gasteiger partial charge on any atom is 0.137 e. The Hall–Kier alpha value is -3.00. The minimum atomic E-state index is 0.599. The van der Waals surface area contributed by atoms with E-state index in [0.717, 1.165) is 17.0 Å². The van der Waals surface area contributed by atoms with Crippen LogP contribution in [-0.2, 0) is 0 Å². The predicted molar refractivity (Wildman–Crippen MR) is 70.9 cm³/mol. The summed E-state index contributed by atoms with van der Waals surface area (Å²) in [6.07, 6.45) is 10.5. The molecule has 3 aromatic rings. The number of rotatable bonds is 2. The second kappa shape index (κ2) is 4.70. The minimum Gasteiger partial charge on any atom is -0.299 e. The first-order chi connectivity index (χ1) is 9.36. The molecule has 0 amide bonds. The average molecular weight is 247 g/mol. The summed E-state index contributed by atoms with van der Waals surface area (Å²) >= 11 is 0. The van der Waals surface area contributed by atoms with Crippen molar-refractivity contribution in [3.63, 3.8) is 0 Å². The van der Waals surface area contributed by atoms with E-state index in [-0.39, 0.29) is 0 Å². The topological polar surface area (TPSA) is 66.9 Å². The van der Waals surface area contributed by atoms with E-state index < -0.39 is 0 Å². The Labute approximate surface area is 109 Å². The summed E-state index contributed by atoms with van der Waals surface area (Å²) in [6.45, 7) is 0. The smallest absolute Gasteiger partial charge is 0.137 e. The highest BCUT2D eigenvalue weighted by Crippen LogP contribution is 2.11. The summed E-state index contributed by atoms with van der Waals surface area (Å²) in [6, 6.07) is 7.51. The van der Waals surface area contributed by atoms with Gasteiger partial charge in [0, 0.05) is 12.4 Å². The van der Waals surface area contributed by atoms with Crippen LogP contribution in [0.15, 0.2) is 43.1 Å². The lowest BCUT2D eigenvalue weighted by atomic mass is 10.3. The zero-order chi connectivity index (χ0) is 13.1. The maximum atomic E-state index is 8.91. The van der Waals surface area contributed by atoms with Gasteiger partial charge in [-0.25, -0.2) is 15.0 Å². The lowest BCUT2D eigenvalue weighted by Gasteiger charge is -1.97. The zero-order valence-corrected chi connectivity index (χ0v) is 9.93. The monoisotopic (exact) mass is 247 g/mol. The van der Waals surface area contributed by atoms with Crippen LogP contribution in [0.5, 0.6) is 0 Å². The van der Waals surface area contributed by atoms with Crippen molar-refractivity contribution in [2.24, 2.45) is 0 Å². The molecular weight excluding hydrogens is 238 g/mol. The summed E-state index contributed by atoms with van der Waals surface area (Å²) in [7, 11) is 0. The number of imidazole rings is 1. The van der Waals surface area contributed by atoms with Gasteiger partial charge in [-0.15, -0.1) is 0 Å². The van der Waals surface area contributed by atoms with E-state index in [9.17, 15) is 0 Å².